The second-order valence-corrected chi connectivity index (χ2v) is 9.65. The zero-order chi connectivity index (χ0) is 20.1. The van der Waals surface area contributed by atoms with E-state index in [4.69, 9.17) is 0 Å². The Bertz CT molecular complexity index is 878. The van der Waals surface area contributed by atoms with Gasteiger partial charge >= 0.3 is 0 Å². The van der Waals surface area contributed by atoms with Crippen LogP contribution < -0.4 is 0 Å². The highest BCUT2D eigenvalue weighted by atomic mass is 32.2. The fourth-order valence-corrected chi connectivity index (χ4v) is 4.92. The lowest BCUT2D eigenvalue weighted by Gasteiger charge is -2.36. The number of hydrogen-bond acceptors (Lipinski definition) is 4. The molecule has 0 spiro atoms. The van der Waals surface area contributed by atoms with E-state index in [9.17, 15) is 12.8 Å². The summed E-state index contributed by atoms with van der Waals surface area (Å²) in [6.07, 6.45) is 6.90. The van der Waals surface area contributed by atoms with Crippen molar-refractivity contribution in [1.82, 2.24) is 14.5 Å². The Balaban J connectivity index is 1.89. The second-order valence-electron chi connectivity index (χ2n) is 7.47. The second kappa shape index (κ2) is 9.18. The number of aromatic nitrogens is 2. The quantitative estimate of drug-likeness (QED) is 0.653. The van der Waals surface area contributed by atoms with Crippen molar-refractivity contribution in [3.05, 3.63) is 47.5 Å². The maximum Gasteiger partial charge on any atom is 0.227 e. The van der Waals surface area contributed by atoms with Crippen LogP contribution in [0, 0.1) is 5.82 Å². The number of sulfone groups is 1. The third kappa shape index (κ3) is 4.63. The molecule has 7 heteroatoms. The van der Waals surface area contributed by atoms with Crippen molar-refractivity contribution in [1.29, 1.82) is 0 Å². The summed E-state index contributed by atoms with van der Waals surface area (Å²) < 4.78 is 40.2. The lowest BCUT2D eigenvalue weighted by molar-refractivity contribution is 0.136. The van der Waals surface area contributed by atoms with E-state index < -0.39 is 9.84 Å². The minimum absolute atomic E-state index is 0.0531. The molecule has 1 atom stereocenters. The minimum Gasteiger partial charge on any atom is -0.318 e. The normalized spacial score (nSPS) is 18.5. The third-order valence-electron chi connectivity index (χ3n) is 5.53. The highest BCUT2D eigenvalue weighted by Crippen LogP contribution is 2.32. The van der Waals surface area contributed by atoms with Crippen molar-refractivity contribution in [2.75, 3.05) is 12.3 Å². The molecule has 0 amide bonds. The van der Waals surface area contributed by atoms with Crippen LogP contribution in [-0.4, -0.2) is 35.2 Å². The van der Waals surface area contributed by atoms with E-state index >= 15 is 0 Å². The molecule has 2 aromatic rings. The van der Waals surface area contributed by atoms with Gasteiger partial charge in [0.2, 0.25) is 15.0 Å². The third-order valence-corrected chi connectivity index (χ3v) is 7.17. The number of halogens is 1. The maximum absolute atomic E-state index is 13.3. The highest BCUT2D eigenvalue weighted by molar-refractivity contribution is 7.91. The Hall–Kier alpha value is -1.73. The van der Waals surface area contributed by atoms with Gasteiger partial charge in [-0.25, -0.2) is 17.8 Å². The average molecular weight is 408 g/mol. The van der Waals surface area contributed by atoms with E-state index in [-0.39, 0.29) is 22.8 Å². The SMILES string of the molecule is CCCCn1c(CN2CCCC[C@@H]2c2ccc(F)cc2)cnc1S(=O)(=O)CC. The van der Waals surface area contributed by atoms with Gasteiger partial charge in [0, 0.05) is 19.1 Å². The Morgan fingerprint density at radius 1 is 1.18 bits per heavy atom. The number of benzene rings is 1. The first-order valence-electron chi connectivity index (χ1n) is 10.2. The summed E-state index contributed by atoms with van der Waals surface area (Å²) in [6.45, 7) is 6.01. The van der Waals surface area contributed by atoms with Crippen LogP contribution in [0.15, 0.2) is 35.6 Å². The monoisotopic (exact) mass is 407 g/mol. The number of hydrogen-bond donors (Lipinski definition) is 0. The molecule has 5 nitrogen and oxygen atoms in total. The van der Waals surface area contributed by atoms with E-state index in [1.807, 2.05) is 16.7 Å². The fraction of sp³-hybridized carbons (Fsp3) is 0.571. The molecule has 154 valence electrons. The summed E-state index contributed by atoms with van der Waals surface area (Å²) >= 11 is 0. The molecule has 1 fully saturated rings. The van der Waals surface area contributed by atoms with Gasteiger partial charge in [-0.2, -0.15) is 0 Å². The summed E-state index contributed by atoms with van der Waals surface area (Å²) in [5.41, 5.74) is 2.05. The van der Waals surface area contributed by atoms with Gasteiger partial charge in [-0.1, -0.05) is 38.8 Å². The zero-order valence-corrected chi connectivity index (χ0v) is 17.6. The predicted molar refractivity (Wildman–Crippen MR) is 108 cm³/mol. The number of rotatable bonds is 8. The Labute approximate surface area is 167 Å². The molecule has 1 saturated heterocycles. The Morgan fingerprint density at radius 3 is 2.61 bits per heavy atom. The Morgan fingerprint density at radius 2 is 1.93 bits per heavy atom. The number of nitrogens with zero attached hydrogens (tertiary/aromatic N) is 3. The van der Waals surface area contributed by atoms with Gasteiger partial charge < -0.3 is 4.57 Å². The van der Waals surface area contributed by atoms with Crippen LogP contribution in [0.4, 0.5) is 4.39 Å². The number of likely N-dealkylation sites (tertiary alicyclic amines) is 1. The molecule has 0 N–H and O–H groups in total. The van der Waals surface area contributed by atoms with E-state index in [0.717, 1.165) is 49.9 Å². The van der Waals surface area contributed by atoms with Crippen LogP contribution >= 0.6 is 0 Å². The summed E-state index contributed by atoms with van der Waals surface area (Å²) in [6, 6.07) is 6.97. The van der Waals surface area contributed by atoms with Gasteiger partial charge in [0.15, 0.2) is 0 Å². The molecule has 1 aromatic carbocycles. The van der Waals surface area contributed by atoms with Crippen LogP contribution in [0.3, 0.4) is 0 Å². The topological polar surface area (TPSA) is 55.2 Å². The van der Waals surface area contributed by atoms with Crippen molar-refractivity contribution in [2.45, 2.75) is 70.2 Å². The minimum atomic E-state index is -3.36. The van der Waals surface area contributed by atoms with Gasteiger partial charge in [0.05, 0.1) is 17.6 Å². The number of unbranched alkanes of at least 4 members (excludes halogenated alkanes) is 1. The van der Waals surface area contributed by atoms with Crippen LogP contribution in [-0.2, 0) is 22.9 Å². The smallest absolute Gasteiger partial charge is 0.227 e. The van der Waals surface area contributed by atoms with Crippen LogP contribution in [0.2, 0.25) is 0 Å². The molecule has 0 saturated carbocycles. The molecule has 28 heavy (non-hydrogen) atoms. The summed E-state index contributed by atoms with van der Waals surface area (Å²) in [4.78, 5) is 6.66. The van der Waals surface area contributed by atoms with Crippen molar-refractivity contribution < 1.29 is 12.8 Å². The lowest BCUT2D eigenvalue weighted by Crippen LogP contribution is -2.33. The van der Waals surface area contributed by atoms with E-state index in [1.54, 1.807) is 13.1 Å². The molecule has 0 bridgehead atoms. The van der Waals surface area contributed by atoms with Gasteiger partial charge in [0.25, 0.3) is 0 Å². The van der Waals surface area contributed by atoms with E-state index in [1.165, 1.54) is 12.1 Å². The zero-order valence-electron chi connectivity index (χ0n) is 16.8. The van der Waals surface area contributed by atoms with Crippen molar-refractivity contribution in [3.63, 3.8) is 0 Å². The molecule has 0 aliphatic carbocycles. The standard InChI is InChI=1S/C21H30FN3O2S/c1-3-5-14-25-19(15-23-21(25)28(26,27)4-2)16-24-13-7-6-8-20(24)17-9-11-18(22)12-10-17/h9-12,15,20H,3-8,13-14,16H2,1-2H3/t20-/m1/s1. The lowest BCUT2D eigenvalue weighted by atomic mass is 9.95. The first kappa shape index (κ1) is 21.0. The molecular formula is C21H30FN3O2S. The first-order chi connectivity index (χ1) is 13.5. The highest BCUT2D eigenvalue weighted by Gasteiger charge is 2.27. The molecule has 3 rings (SSSR count). The average Bonchev–Trinajstić information content (AvgIpc) is 3.11. The van der Waals surface area contributed by atoms with Crippen molar-refractivity contribution in [2.24, 2.45) is 0 Å². The van der Waals surface area contributed by atoms with Crippen LogP contribution in [0.1, 0.15) is 63.3 Å². The van der Waals surface area contributed by atoms with Crippen molar-refractivity contribution >= 4 is 9.84 Å². The largest absolute Gasteiger partial charge is 0.318 e. The van der Waals surface area contributed by atoms with Gasteiger partial charge in [-0.05, 0) is 43.5 Å². The molecule has 1 aliphatic heterocycles. The number of imidazole rings is 1. The van der Waals surface area contributed by atoms with E-state index in [0.29, 0.717) is 13.1 Å². The first-order valence-corrected chi connectivity index (χ1v) is 11.9. The Kier molecular flexibility index (Phi) is 6.88. The molecule has 1 aliphatic rings. The fourth-order valence-electron chi connectivity index (χ4n) is 3.90. The van der Waals surface area contributed by atoms with Gasteiger partial charge in [-0.3, -0.25) is 4.90 Å². The molecule has 0 unspecified atom stereocenters. The van der Waals surface area contributed by atoms with Crippen LogP contribution in [0.25, 0.3) is 0 Å². The molecule has 0 radical (unpaired) electrons. The molecule has 2 heterocycles. The van der Waals surface area contributed by atoms with E-state index in [2.05, 4.69) is 16.8 Å². The maximum atomic E-state index is 13.3. The predicted octanol–water partition coefficient (Wildman–Crippen LogP) is 4.34. The summed E-state index contributed by atoms with van der Waals surface area (Å²) in [5.74, 6) is -0.171. The summed E-state index contributed by atoms with van der Waals surface area (Å²) in [5, 5.41) is 0.189. The molecular weight excluding hydrogens is 377 g/mol. The van der Waals surface area contributed by atoms with Gasteiger partial charge in [0.1, 0.15) is 5.82 Å². The summed E-state index contributed by atoms with van der Waals surface area (Å²) in [7, 11) is -3.36. The van der Waals surface area contributed by atoms with Crippen LogP contribution in [0.5, 0.6) is 0 Å². The van der Waals surface area contributed by atoms with Crippen molar-refractivity contribution in [3.8, 4) is 0 Å². The van der Waals surface area contributed by atoms with Gasteiger partial charge in [-0.15, -0.1) is 0 Å². The number of piperidine rings is 1. The molecule has 1 aromatic heterocycles.